The van der Waals surface area contributed by atoms with Crippen molar-refractivity contribution in [2.45, 2.75) is 44.1 Å². The van der Waals surface area contributed by atoms with Crippen LogP contribution >= 0.6 is 0 Å². The maximum absolute atomic E-state index is 13.9. The van der Waals surface area contributed by atoms with E-state index in [0.717, 1.165) is 17.5 Å². The van der Waals surface area contributed by atoms with Gasteiger partial charge in [0.1, 0.15) is 11.0 Å². The summed E-state index contributed by atoms with van der Waals surface area (Å²) in [5.41, 5.74) is 0.0738. The Labute approximate surface area is 189 Å². The minimum absolute atomic E-state index is 0.00712. The quantitative estimate of drug-likeness (QED) is 0.654. The van der Waals surface area contributed by atoms with Crippen LogP contribution in [0, 0.1) is 23.7 Å². The number of nitrogens with zero attached hydrogens (tertiary/aromatic N) is 1. The van der Waals surface area contributed by atoms with Crippen LogP contribution < -0.4 is 4.31 Å². The molecule has 1 saturated heterocycles. The molecule has 5 rings (SSSR count). The Hall–Kier alpha value is -2.38. The monoisotopic (exact) mass is 455 g/mol. The molecule has 6 nitrogen and oxygen atoms in total. The Morgan fingerprint density at radius 2 is 1.81 bits per heavy atom. The van der Waals surface area contributed by atoms with E-state index < -0.39 is 27.0 Å². The molecule has 1 aliphatic carbocycles. The summed E-state index contributed by atoms with van der Waals surface area (Å²) in [6, 6.07) is 14.3. The maximum Gasteiger partial charge on any atom is 0.317 e. The highest BCUT2D eigenvalue weighted by Crippen LogP contribution is 2.72. The van der Waals surface area contributed by atoms with Crippen LogP contribution in [-0.2, 0) is 29.9 Å². The second kappa shape index (κ2) is 6.81. The van der Waals surface area contributed by atoms with Crippen LogP contribution in [0.15, 0.2) is 53.4 Å². The number of carbonyl (C=O) groups excluding carboxylic acids is 1. The van der Waals surface area contributed by atoms with Gasteiger partial charge in [-0.3, -0.25) is 9.10 Å². The van der Waals surface area contributed by atoms with Gasteiger partial charge in [0.25, 0.3) is 10.0 Å². The van der Waals surface area contributed by atoms with Gasteiger partial charge in [0, 0.05) is 18.1 Å². The number of benzene rings is 2. The van der Waals surface area contributed by atoms with Gasteiger partial charge >= 0.3 is 5.97 Å². The van der Waals surface area contributed by atoms with Crippen LogP contribution in [0.2, 0.25) is 0 Å². The molecule has 0 N–H and O–H groups in total. The van der Waals surface area contributed by atoms with Crippen molar-refractivity contribution < 1.29 is 22.7 Å². The molecule has 1 spiro atoms. The number of methoxy groups -OCH3 is 1. The number of sulfonamides is 1. The lowest BCUT2D eigenvalue weighted by Crippen LogP contribution is -2.60. The standard InChI is InChI=1S/C25H29NO5S/c1-17-9-11-18(12-10-17)32(28,29)26-16-24(22(27)30-4)15-23(2,3)21-13-14-31-25(21,24)19-7-5-6-8-20(19)26/h5-12,21H,13-16H2,1-4H3/t21-,24-,25-/m1/s1. The molecule has 2 aliphatic heterocycles. The SMILES string of the molecule is COC(=O)[C@@]12CN(S(=O)(=O)c3ccc(C)cc3)c3ccccc3[C@]13OCC[C@@H]3C(C)(C)C2. The molecule has 32 heavy (non-hydrogen) atoms. The first-order valence-electron chi connectivity index (χ1n) is 11.0. The summed E-state index contributed by atoms with van der Waals surface area (Å²) in [5, 5.41) is 0. The van der Waals surface area contributed by atoms with Crippen molar-refractivity contribution in [3.8, 4) is 0 Å². The van der Waals surface area contributed by atoms with E-state index in [2.05, 4.69) is 13.8 Å². The number of aryl methyl sites for hydroxylation is 1. The number of fused-ring (bicyclic) bond motifs is 1. The number of rotatable bonds is 3. The Balaban J connectivity index is 1.79. The van der Waals surface area contributed by atoms with Crippen LogP contribution in [-0.4, -0.2) is 34.6 Å². The molecule has 2 aromatic carbocycles. The number of hydrogen-bond acceptors (Lipinski definition) is 5. The molecule has 3 atom stereocenters. The molecule has 7 heteroatoms. The fraction of sp³-hybridized carbons (Fsp3) is 0.480. The summed E-state index contributed by atoms with van der Waals surface area (Å²) < 4.78 is 41.0. The Morgan fingerprint density at radius 1 is 1.12 bits per heavy atom. The van der Waals surface area contributed by atoms with Crippen molar-refractivity contribution in [2.24, 2.45) is 16.7 Å². The fourth-order valence-electron chi connectivity index (χ4n) is 6.65. The minimum Gasteiger partial charge on any atom is -0.468 e. The Bertz CT molecular complexity index is 1190. The molecule has 3 aliphatic rings. The average molecular weight is 456 g/mol. The first kappa shape index (κ1) is 21.5. The zero-order valence-corrected chi connectivity index (χ0v) is 19.7. The second-order valence-electron chi connectivity index (χ2n) is 10.0. The highest BCUT2D eigenvalue weighted by molar-refractivity contribution is 7.92. The lowest BCUT2D eigenvalue weighted by molar-refractivity contribution is -0.175. The number of esters is 1. The van der Waals surface area contributed by atoms with E-state index in [1.54, 1.807) is 24.3 Å². The van der Waals surface area contributed by atoms with Gasteiger partial charge in [0.2, 0.25) is 0 Å². The number of anilines is 1. The van der Waals surface area contributed by atoms with Crippen LogP contribution in [0.25, 0.3) is 0 Å². The third-order valence-corrected chi connectivity index (χ3v) is 9.58. The van der Waals surface area contributed by atoms with Gasteiger partial charge in [-0.1, -0.05) is 49.7 Å². The number of ether oxygens (including phenoxy) is 2. The summed E-state index contributed by atoms with van der Waals surface area (Å²) in [6.45, 7) is 6.75. The topological polar surface area (TPSA) is 72.9 Å². The molecule has 2 aromatic rings. The average Bonchev–Trinajstić information content (AvgIpc) is 3.30. The number of para-hydroxylation sites is 1. The molecule has 0 aromatic heterocycles. The van der Waals surface area contributed by atoms with E-state index in [0.29, 0.717) is 18.7 Å². The van der Waals surface area contributed by atoms with Crippen molar-refractivity contribution in [1.29, 1.82) is 0 Å². The molecule has 0 amide bonds. The first-order valence-corrected chi connectivity index (χ1v) is 12.5. The van der Waals surface area contributed by atoms with E-state index >= 15 is 0 Å². The zero-order chi connectivity index (χ0) is 22.9. The third kappa shape index (κ3) is 2.55. The van der Waals surface area contributed by atoms with Crippen molar-refractivity contribution in [1.82, 2.24) is 0 Å². The van der Waals surface area contributed by atoms with Crippen molar-refractivity contribution in [2.75, 3.05) is 24.6 Å². The fourth-order valence-corrected chi connectivity index (χ4v) is 8.20. The van der Waals surface area contributed by atoms with Gasteiger partial charge in [-0.15, -0.1) is 0 Å². The largest absolute Gasteiger partial charge is 0.468 e. The lowest BCUT2D eigenvalue weighted by Gasteiger charge is -2.51. The van der Waals surface area contributed by atoms with E-state index in [9.17, 15) is 13.2 Å². The number of carbonyl (C=O) groups is 1. The van der Waals surface area contributed by atoms with Crippen molar-refractivity contribution in [3.05, 3.63) is 59.7 Å². The Kier molecular flexibility index (Phi) is 4.57. The van der Waals surface area contributed by atoms with Gasteiger partial charge in [-0.05, 0) is 43.4 Å². The van der Waals surface area contributed by atoms with Crippen LogP contribution in [0.5, 0.6) is 0 Å². The van der Waals surface area contributed by atoms with E-state index in [-0.39, 0.29) is 22.8 Å². The Morgan fingerprint density at radius 3 is 2.50 bits per heavy atom. The maximum atomic E-state index is 13.9. The van der Waals surface area contributed by atoms with Crippen LogP contribution in [0.4, 0.5) is 5.69 Å². The summed E-state index contributed by atoms with van der Waals surface area (Å²) in [4.78, 5) is 13.7. The summed E-state index contributed by atoms with van der Waals surface area (Å²) >= 11 is 0. The summed E-state index contributed by atoms with van der Waals surface area (Å²) in [5.74, 6) is -0.326. The molecule has 170 valence electrons. The molecule has 2 fully saturated rings. The molecule has 2 heterocycles. The van der Waals surface area contributed by atoms with Crippen molar-refractivity contribution >= 4 is 21.7 Å². The molecule has 0 radical (unpaired) electrons. The molecule has 0 bridgehead atoms. The van der Waals surface area contributed by atoms with Gasteiger partial charge in [-0.25, -0.2) is 8.42 Å². The third-order valence-electron chi connectivity index (χ3n) is 7.81. The smallest absolute Gasteiger partial charge is 0.317 e. The van der Waals surface area contributed by atoms with Crippen LogP contribution in [0.1, 0.15) is 37.8 Å². The van der Waals surface area contributed by atoms with Gasteiger partial charge < -0.3 is 9.47 Å². The first-order chi connectivity index (χ1) is 15.1. The zero-order valence-electron chi connectivity index (χ0n) is 18.9. The minimum atomic E-state index is -3.91. The van der Waals surface area contributed by atoms with E-state index in [1.807, 2.05) is 31.2 Å². The normalized spacial score (nSPS) is 30.4. The molecular formula is C25H29NO5S. The predicted molar refractivity (Wildman–Crippen MR) is 121 cm³/mol. The lowest BCUT2D eigenvalue weighted by atomic mass is 9.65. The van der Waals surface area contributed by atoms with Gasteiger partial charge in [0.05, 0.1) is 24.2 Å². The van der Waals surface area contributed by atoms with Crippen molar-refractivity contribution in [3.63, 3.8) is 0 Å². The molecule has 0 unspecified atom stereocenters. The second-order valence-corrected chi connectivity index (χ2v) is 11.9. The summed E-state index contributed by atoms with van der Waals surface area (Å²) in [7, 11) is -2.54. The summed E-state index contributed by atoms with van der Waals surface area (Å²) in [6.07, 6.45) is 1.32. The van der Waals surface area contributed by atoms with Crippen LogP contribution in [0.3, 0.4) is 0 Å². The molecular weight excluding hydrogens is 426 g/mol. The van der Waals surface area contributed by atoms with E-state index in [1.165, 1.54) is 11.4 Å². The predicted octanol–water partition coefficient (Wildman–Crippen LogP) is 4.03. The number of hydrogen-bond donors (Lipinski definition) is 0. The van der Waals surface area contributed by atoms with Gasteiger partial charge in [0.15, 0.2) is 0 Å². The molecule has 1 saturated carbocycles. The van der Waals surface area contributed by atoms with E-state index in [4.69, 9.17) is 9.47 Å². The highest BCUT2D eigenvalue weighted by Gasteiger charge is 2.76. The highest BCUT2D eigenvalue weighted by atomic mass is 32.2. The van der Waals surface area contributed by atoms with Gasteiger partial charge in [-0.2, -0.15) is 0 Å².